The highest BCUT2D eigenvalue weighted by Crippen LogP contribution is 2.39. The van der Waals surface area contributed by atoms with Gasteiger partial charge in [-0.25, -0.2) is 4.98 Å². The number of methoxy groups -OCH3 is 2. The lowest BCUT2D eigenvalue weighted by Gasteiger charge is -2.16. The number of nitrogens with zero attached hydrogens (tertiary/aromatic N) is 3. The molecule has 0 N–H and O–H groups in total. The van der Waals surface area contributed by atoms with E-state index in [1.165, 1.54) is 4.68 Å². The first-order valence-corrected chi connectivity index (χ1v) is 12.4. The highest BCUT2D eigenvalue weighted by atomic mass is 79.9. The van der Waals surface area contributed by atoms with E-state index in [4.69, 9.17) is 14.2 Å². The lowest BCUT2D eigenvalue weighted by molar-refractivity contribution is 0.267. The van der Waals surface area contributed by atoms with Gasteiger partial charge in [0.2, 0.25) is 5.75 Å². The first kappa shape index (κ1) is 24.5. The summed E-state index contributed by atoms with van der Waals surface area (Å²) in [5, 5.41) is 7.17. The average Bonchev–Trinajstić information content (AvgIpc) is 2.92. The molecule has 5 rings (SSSR count). The van der Waals surface area contributed by atoms with Gasteiger partial charge in [0.1, 0.15) is 12.4 Å². The Labute approximate surface area is 222 Å². The zero-order chi connectivity index (χ0) is 25.9. The van der Waals surface area contributed by atoms with E-state index >= 15 is 0 Å². The number of benzene rings is 4. The predicted molar refractivity (Wildman–Crippen MR) is 149 cm³/mol. The standard InChI is InChI=1S/C29H24BrN3O4/c1-18-32-25-12-11-22(30)15-24(25)29(34)33(18)31-16-19-13-26(35-2)28(27(14-19)36-3)37-17-21-9-6-8-20-7-4-5-10-23(20)21/h4-16H,17H2,1-3H3. The molecule has 8 heteroatoms. The van der Waals surface area contributed by atoms with Gasteiger partial charge in [0, 0.05) is 10.0 Å². The minimum atomic E-state index is -0.256. The Kier molecular flexibility index (Phi) is 6.92. The second-order valence-electron chi connectivity index (χ2n) is 8.36. The molecule has 0 saturated heterocycles. The summed E-state index contributed by atoms with van der Waals surface area (Å²) in [6.07, 6.45) is 1.57. The monoisotopic (exact) mass is 557 g/mol. The Morgan fingerprint density at radius 1 is 0.946 bits per heavy atom. The second kappa shape index (κ2) is 10.4. The van der Waals surface area contributed by atoms with Crippen molar-refractivity contribution in [1.82, 2.24) is 9.66 Å². The van der Waals surface area contributed by atoms with Gasteiger partial charge in [-0.15, -0.1) is 0 Å². The van der Waals surface area contributed by atoms with E-state index in [1.54, 1.807) is 51.6 Å². The Morgan fingerprint density at radius 3 is 2.43 bits per heavy atom. The van der Waals surface area contributed by atoms with Crippen LogP contribution in [0.1, 0.15) is 17.0 Å². The molecule has 0 unspecified atom stereocenters. The Bertz CT molecular complexity index is 1680. The van der Waals surface area contributed by atoms with Gasteiger partial charge in [-0.05, 0) is 53.6 Å². The third kappa shape index (κ3) is 4.93. The quantitative estimate of drug-likeness (QED) is 0.226. The summed E-state index contributed by atoms with van der Waals surface area (Å²) < 4.78 is 19.5. The molecule has 5 aromatic rings. The summed E-state index contributed by atoms with van der Waals surface area (Å²) in [5.74, 6) is 1.95. The number of ether oxygens (including phenoxy) is 3. The topological polar surface area (TPSA) is 74.9 Å². The lowest BCUT2D eigenvalue weighted by Crippen LogP contribution is -2.20. The van der Waals surface area contributed by atoms with Crippen molar-refractivity contribution in [3.05, 3.63) is 105 Å². The fourth-order valence-electron chi connectivity index (χ4n) is 4.21. The normalized spacial score (nSPS) is 11.4. The SMILES string of the molecule is COc1cc(C=Nn2c(C)nc3ccc(Br)cc3c2=O)cc(OC)c1OCc1cccc2ccccc12. The minimum absolute atomic E-state index is 0.256. The van der Waals surface area contributed by atoms with E-state index in [-0.39, 0.29) is 5.56 Å². The number of rotatable bonds is 7. The molecule has 4 aromatic carbocycles. The Morgan fingerprint density at radius 2 is 1.68 bits per heavy atom. The van der Waals surface area contributed by atoms with Gasteiger partial charge in [0.05, 0.1) is 31.3 Å². The molecule has 0 radical (unpaired) electrons. The number of hydrogen-bond donors (Lipinski definition) is 0. The molecule has 0 saturated carbocycles. The number of fused-ring (bicyclic) bond motifs is 2. The molecule has 0 atom stereocenters. The number of hydrogen-bond acceptors (Lipinski definition) is 6. The molecule has 0 amide bonds. The molecule has 7 nitrogen and oxygen atoms in total. The number of aryl methyl sites for hydroxylation is 1. The van der Waals surface area contributed by atoms with Crippen molar-refractivity contribution < 1.29 is 14.2 Å². The second-order valence-corrected chi connectivity index (χ2v) is 9.28. The summed E-state index contributed by atoms with van der Waals surface area (Å²) in [7, 11) is 3.14. The van der Waals surface area contributed by atoms with Crippen LogP contribution in [0, 0.1) is 6.92 Å². The summed E-state index contributed by atoms with van der Waals surface area (Å²) in [5.41, 5.74) is 2.09. The molecule has 1 aromatic heterocycles. The van der Waals surface area contributed by atoms with E-state index in [0.29, 0.717) is 46.1 Å². The van der Waals surface area contributed by atoms with Crippen molar-refractivity contribution in [2.75, 3.05) is 14.2 Å². The van der Waals surface area contributed by atoms with Crippen molar-refractivity contribution in [1.29, 1.82) is 0 Å². The maximum Gasteiger partial charge on any atom is 0.282 e. The molecular formula is C29H24BrN3O4. The third-order valence-corrected chi connectivity index (χ3v) is 6.52. The molecule has 0 fully saturated rings. The molecule has 0 bridgehead atoms. The third-order valence-electron chi connectivity index (χ3n) is 6.03. The minimum Gasteiger partial charge on any atom is -0.493 e. The van der Waals surface area contributed by atoms with Gasteiger partial charge in [0.25, 0.3) is 5.56 Å². The zero-order valence-corrected chi connectivity index (χ0v) is 22.2. The Hall–Kier alpha value is -4.17. The van der Waals surface area contributed by atoms with Crippen LogP contribution in [-0.2, 0) is 6.61 Å². The molecule has 0 spiro atoms. The average molecular weight is 558 g/mol. The highest BCUT2D eigenvalue weighted by Gasteiger charge is 2.15. The van der Waals surface area contributed by atoms with E-state index in [1.807, 2.05) is 30.3 Å². The van der Waals surface area contributed by atoms with Crippen LogP contribution >= 0.6 is 15.9 Å². The number of halogens is 1. The first-order valence-electron chi connectivity index (χ1n) is 11.6. The highest BCUT2D eigenvalue weighted by molar-refractivity contribution is 9.10. The van der Waals surface area contributed by atoms with Crippen molar-refractivity contribution in [2.24, 2.45) is 5.10 Å². The van der Waals surface area contributed by atoms with Crippen LogP contribution in [0.4, 0.5) is 0 Å². The van der Waals surface area contributed by atoms with E-state index in [2.05, 4.69) is 44.2 Å². The van der Waals surface area contributed by atoms with Crippen LogP contribution in [0.3, 0.4) is 0 Å². The van der Waals surface area contributed by atoms with Crippen LogP contribution in [0.25, 0.3) is 21.7 Å². The van der Waals surface area contributed by atoms with Gasteiger partial charge in [-0.2, -0.15) is 9.78 Å². The molecule has 0 aliphatic heterocycles. The molecule has 0 aliphatic rings. The van der Waals surface area contributed by atoms with Gasteiger partial charge < -0.3 is 14.2 Å². The molecule has 0 aliphatic carbocycles. The zero-order valence-electron chi connectivity index (χ0n) is 20.6. The first-order chi connectivity index (χ1) is 18.0. The summed E-state index contributed by atoms with van der Waals surface area (Å²) in [6.45, 7) is 2.08. The summed E-state index contributed by atoms with van der Waals surface area (Å²) in [6, 6.07) is 23.3. The van der Waals surface area contributed by atoms with Crippen LogP contribution in [0.15, 0.2) is 87.2 Å². The molecule has 186 valence electrons. The van der Waals surface area contributed by atoms with Crippen LogP contribution in [0.2, 0.25) is 0 Å². The van der Waals surface area contributed by atoms with Crippen molar-refractivity contribution in [3.8, 4) is 17.2 Å². The maximum atomic E-state index is 13.1. The fraction of sp³-hybridized carbons (Fsp3) is 0.138. The Balaban J connectivity index is 1.47. The molecular weight excluding hydrogens is 534 g/mol. The van der Waals surface area contributed by atoms with Crippen LogP contribution < -0.4 is 19.8 Å². The van der Waals surface area contributed by atoms with Gasteiger partial charge in [0.15, 0.2) is 11.5 Å². The fourth-order valence-corrected chi connectivity index (χ4v) is 4.57. The lowest BCUT2D eigenvalue weighted by atomic mass is 10.1. The largest absolute Gasteiger partial charge is 0.493 e. The molecule has 37 heavy (non-hydrogen) atoms. The van der Waals surface area contributed by atoms with Gasteiger partial charge >= 0.3 is 0 Å². The van der Waals surface area contributed by atoms with Crippen molar-refractivity contribution >= 4 is 43.8 Å². The van der Waals surface area contributed by atoms with Crippen molar-refractivity contribution in [3.63, 3.8) is 0 Å². The van der Waals surface area contributed by atoms with Crippen LogP contribution in [-0.4, -0.2) is 30.1 Å². The van der Waals surface area contributed by atoms with E-state index in [9.17, 15) is 4.79 Å². The smallest absolute Gasteiger partial charge is 0.282 e. The molecule has 1 heterocycles. The number of aromatic nitrogens is 2. The van der Waals surface area contributed by atoms with Crippen LogP contribution in [0.5, 0.6) is 17.2 Å². The summed E-state index contributed by atoms with van der Waals surface area (Å²) in [4.78, 5) is 17.6. The van der Waals surface area contributed by atoms with Gasteiger partial charge in [-0.3, -0.25) is 4.79 Å². The summed E-state index contributed by atoms with van der Waals surface area (Å²) >= 11 is 3.41. The predicted octanol–water partition coefficient (Wildman–Crippen LogP) is 6.10. The van der Waals surface area contributed by atoms with Crippen molar-refractivity contribution in [2.45, 2.75) is 13.5 Å². The van der Waals surface area contributed by atoms with E-state index in [0.717, 1.165) is 20.8 Å². The van der Waals surface area contributed by atoms with Gasteiger partial charge in [-0.1, -0.05) is 58.4 Å². The van der Waals surface area contributed by atoms with E-state index < -0.39 is 0 Å². The maximum absolute atomic E-state index is 13.1.